The Morgan fingerprint density at radius 3 is 2.23 bits per heavy atom. The summed E-state index contributed by atoms with van der Waals surface area (Å²) in [5.41, 5.74) is 0. The topological polar surface area (TPSA) is 27.0 Å². The third kappa shape index (κ3) is 3.78. The molecule has 1 aliphatic rings. The maximum atomic E-state index is 8.62. The van der Waals surface area contributed by atoms with E-state index in [1.54, 1.807) is 0 Å². The largest absolute Gasteiger partial charge is 0.300 e. The van der Waals surface area contributed by atoms with E-state index in [1.807, 2.05) is 0 Å². The van der Waals surface area contributed by atoms with E-state index in [4.69, 9.17) is 5.26 Å². The average Bonchev–Trinajstić information content (AvgIpc) is 2.03. The normalized spacial score (nSPS) is 22.8. The van der Waals surface area contributed by atoms with Gasteiger partial charge in [-0.05, 0) is 32.9 Å². The predicted octanol–water partition coefficient (Wildman–Crippen LogP) is 2.55. The molecular formula is C11H20N2. The van der Waals surface area contributed by atoms with Crippen molar-refractivity contribution in [3.63, 3.8) is 0 Å². The summed E-state index contributed by atoms with van der Waals surface area (Å²) < 4.78 is 0. The van der Waals surface area contributed by atoms with E-state index in [2.05, 4.69) is 17.9 Å². The van der Waals surface area contributed by atoms with Gasteiger partial charge in [0.05, 0.1) is 12.5 Å². The summed E-state index contributed by atoms with van der Waals surface area (Å²) in [5.74, 6) is 0. The molecule has 0 spiro atoms. The molecule has 1 unspecified atom stereocenters. The van der Waals surface area contributed by atoms with E-state index in [0.717, 1.165) is 0 Å². The van der Waals surface area contributed by atoms with E-state index in [0.29, 0.717) is 12.5 Å². The second-order valence-electron chi connectivity index (χ2n) is 4.01. The van der Waals surface area contributed by atoms with Gasteiger partial charge in [-0.25, -0.2) is 0 Å². The zero-order valence-corrected chi connectivity index (χ0v) is 8.63. The van der Waals surface area contributed by atoms with Crippen LogP contribution in [0.4, 0.5) is 0 Å². The molecule has 1 fully saturated rings. The smallest absolute Gasteiger partial charge is 0.0638 e. The van der Waals surface area contributed by atoms with Crippen LogP contribution in [-0.2, 0) is 0 Å². The fraction of sp³-hybridized carbons (Fsp3) is 0.909. The average molecular weight is 180 g/mol. The second-order valence-corrected chi connectivity index (χ2v) is 4.01. The van der Waals surface area contributed by atoms with Gasteiger partial charge in [0.15, 0.2) is 0 Å². The molecule has 0 N–H and O–H groups in total. The third-order valence-corrected chi connectivity index (χ3v) is 2.90. The Bertz CT molecular complexity index is 163. The van der Waals surface area contributed by atoms with Crippen molar-refractivity contribution in [2.24, 2.45) is 0 Å². The van der Waals surface area contributed by atoms with Gasteiger partial charge in [-0.1, -0.05) is 19.3 Å². The number of rotatable bonds is 2. The molecule has 1 heterocycles. The molecule has 2 heteroatoms. The lowest BCUT2D eigenvalue weighted by Crippen LogP contribution is -2.35. The van der Waals surface area contributed by atoms with E-state index in [1.165, 1.54) is 45.2 Å². The Kier molecular flexibility index (Phi) is 4.85. The van der Waals surface area contributed by atoms with Crippen LogP contribution in [0, 0.1) is 11.3 Å². The highest BCUT2D eigenvalue weighted by Crippen LogP contribution is 2.13. The van der Waals surface area contributed by atoms with E-state index >= 15 is 0 Å². The molecule has 0 saturated carbocycles. The zero-order chi connectivity index (χ0) is 9.52. The van der Waals surface area contributed by atoms with Gasteiger partial charge in [0, 0.05) is 6.04 Å². The Balaban J connectivity index is 2.32. The lowest BCUT2D eigenvalue weighted by Gasteiger charge is -2.29. The minimum absolute atomic E-state index is 0.461. The van der Waals surface area contributed by atoms with Gasteiger partial charge in [-0.15, -0.1) is 0 Å². The molecule has 1 saturated heterocycles. The standard InChI is InChI=1S/C11H20N2/c1-11(7-8-12)13-9-5-3-2-4-6-10-13/h11H,2-7,9-10H2,1H3. The van der Waals surface area contributed by atoms with Crippen molar-refractivity contribution in [3.05, 3.63) is 0 Å². The van der Waals surface area contributed by atoms with Gasteiger partial charge in [0.25, 0.3) is 0 Å². The number of likely N-dealkylation sites (tertiary alicyclic amines) is 1. The van der Waals surface area contributed by atoms with Crippen molar-refractivity contribution in [3.8, 4) is 6.07 Å². The summed E-state index contributed by atoms with van der Waals surface area (Å²) in [6, 6.07) is 2.72. The van der Waals surface area contributed by atoms with Crippen LogP contribution in [-0.4, -0.2) is 24.0 Å². The van der Waals surface area contributed by atoms with Crippen LogP contribution in [0.5, 0.6) is 0 Å². The lowest BCUT2D eigenvalue weighted by molar-refractivity contribution is 0.192. The quantitative estimate of drug-likeness (QED) is 0.653. The molecule has 0 aromatic rings. The molecule has 1 atom stereocenters. The molecule has 1 aliphatic heterocycles. The first-order valence-corrected chi connectivity index (χ1v) is 5.45. The number of hydrogen-bond acceptors (Lipinski definition) is 2. The predicted molar refractivity (Wildman–Crippen MR) is 54.4 cm³/mol. The molecule has 0 amide bonds. The van der Waals surface area contributed by atoms with Crippen LogP contribution in [0.25, 0.3) is 0 Å². The molecule has 1 rings (SSSR count). The molecule has 0 aliphatic carbocycles. The molecule has 74 valence electrons. The summed E-state index contributed by atoms with van der Waals surface area (Å²) in [7, 11) is 0. The minimum atomic E-state index is 0.461. The highest BCUT2D eigenvalue weighted by atomic mass is 15.1. The van der Waals surface area contributed by atoms with Crippen molar-refractivity contribution >= 4 is 0 Å². The van der Waals surface area contributed by atoms with Crippen molar-refractivity contribution in [2.45, 2.75) is 51.5 Å². The van der Waals surface area contributed by atoms with Crippen molar-refractivity contribution < 1.29 is 0 Å². The van der Waals surface area contributed by atoms with E-state index in [9.17, 15) is 0 Å². The first kappa shape index (κ1) is 10.5. The molecule has 2 nitrogen and oxygen atoms in total. The van der Waals surface area contributed by atoms with Crippen molar-refractivity contribution in [2.75, 3.05) is 13.1 Å². The summed E-state index contributed by atoms with van der Waals surface area (Å²) in [5, 5.41) is 8.62. The van der Waals surface area contributed by atoms with Crippen LogP contribution in [0.15, 0.2) is 0 Å². The van der Waals surface area contributed by atoms with E-state index in [-0.39, 0.29) is 0 Å². The number of hydrogen-bond donors (Lipinski definition) is 0. The van der Waals surface area contributed by atoms with Gasteiger partial charge in [0.1, 0.15) is 0 Å². The first-order valence-electron chi connectivity index (χ1n) is 5.45. The van der Waals surface area contributed by atoms with Crippen molar-refractivity contribution in [1.82, 2.24) is 4.90 Å². The monoisotopic (exact) mass is 180 g/mol. The summed E-state index contributed by atoms with van der Waals surface area (Å²) in [6.07, 6.45) is 7.46. The van der Waals surface area contributed by atoms with E-state index < -0.39 is 0 Å². The Morgan fingerprint density at radius 1 is 1.15 bits per heavy atom. The molecule has 0 radical (unpaired) electrons. The highest BCUT2D eigenvalue weighted by molar-refractivity contribution is 4.80. The van der Waals surface area contributed by atoms with Crippen LogP contribution in [0.3, 0.4) is 0 Å². The van der Waals surface area contributed by atoms with Crippen LogP contribution >= 0.6 is 0 Å². The van der Waals surface area contributed by atoms with Gasteiger partial charge in [-0.3, -0.25) is 4.90 Å². The second kappa shape index (κ2) is 5.99. The fourth-order valence-corrected chi connectivity index (χ4v) is 1.97. The summed E-state index contributed by atoms with van der Waals surface area (Å²) in [4.78, 5) is 2.47. The highest BCUT2D eigenvalue weighted by Gasteiger charge is 2.13. The molecule has 0 aromatic heterocycles. The fourth-order valence-electron chi connectivity index (χ4n) is 1.97. The number of nitrogens with zero attached hydrogens (tertiary/aromatic N) is 2. The maximum absolute atomic E-state index is 8.62. The third-order valence-electron chi connectivity index (χ3n) is 2.90. The Hall–Kier alpha value is -0.550. The maximum Gasteiger partial charge on any atom is 0.0638 e. The Morgan fingerprint density at radius 2 is 1.69 bits per heavy atom. The van der Waals surface area contributed by atoms with Gasteiger partial charge < -0.3 is 0 Å². The zero-order valence-electron chi connectivity index (χ0n) is 8.63. The summed E-state index contributed by atoms with van der Waals surface area (Å²) in [6.45, 7) is 4.57. The van der Waals surface area contributed by atoms with Gasteiger partial charge in [0.2, 0.25) is 0 Å². The Labute approximate surface area is 81.5 Å². The summed E-state index contributed by atoms with van der Waals surface area (Å²) >= 11 is 0. The number of nitriles is 1. The van der Waals surface area contributed by atoms with Crippen molar-refractivity contribution in [1.29, 1.82) is 5.26 Å². The SMILES string of the molecule is CC(CC#N)N1CCCCCCC1. The molecule has 13 heavy (non-hydrogen) atoms. The molecule has 0 aromatic carbocycles. The minimum Gasteiger partial charge on any atom is -0.300 e. The lowest BCUT2D eigenvalue weighted by atomic mass is 10.1. The first-order chi connectivity index (χ1) is 6.34. The molecular weight excluding hydrogens is 160 g/mol. The molecule has 0 bridgehead atoms. The van der Waals surface area contributed by atoms with Crippen LogP contribution in [0.2, 0.25) is 0 Å². The van der Waals surface area contributed by atoms with Gasteiger partial charge >= 0.3 is 0 Å². The van der Waals surface area contributed by atoms with Crippen LogP contribution < -0.4 is 0 Å². The van der Waals surface area contributed by atoms with Crippen LogP contribution in [0.1, 0.15) is 45.4 Å². The van der Waals surface area contributed by atoms with Gasteiger partial charge in [-0.2, -0.15) is 5.26 Å².